The predicted molar refractivity (Wildman–Crippen MR) is 152 cm³/mol. The summed E-state index contributed by atoms with van der Waals surface area (Å²) in [5, 5.41) is 16.9. The van der Waals surface area contributed by atoms with Gasteiger partial charge in [-0.2, -0.15) is 17.5 Å². The molecule has 6 rings (SSSR count). The Hall–Kier alpha value is -3.97. The van der Waals surface area contributed by atoms with Crippen LogP contribution < -0.4 is 4.90 Å². The van der Waals surface area contributed by atoms with E-state index in [9.17, 15) is 31.5 Å². The van der Waals surface area contributed by atoms with Gasteiger partial charge in [-0.15, -0.1) is 10.2 Å². The van der Waals surface area contributed by atoms with E-state index in [1.807, 2.05) is 31.2 Å². The molecule has 43 heavy (non-hydrogen) atoms. The van der Waals surface area contributed by atoms with Crippen LogP contribution in [0.5, 0.6) is 0 Å². The fourth-order valence-electron chi connectivity index (χ4n) is 6.40. The molecule has 4 aromatic rings. The first-order chi connectivity index (χ1) is 20.4. The Morgan fingerprint density at radius 2 is 1.88 bits per heavy atom. The van der Waals surface area contributed by atoms with Crippen LogP contribution in [0.25, 0.3) is 5.65 Å². The van der Waals surface area contributed by atoms with Crippen LogP contribution in [-0.4, -0.2) is 57.5 Å². The molecule has 1 saturated heterocycles. The Kier molecular flexibility index (Phi) is 7.20. The molecule has 0 saturated carbocycles. The van der Waals surface area contributed by atoms with E-state index in [2.05, 4.69) is 15.1 Å². The number of halogens is 3. The summed E-state index contributed by atoms with van der Waals surface area (Å²) in [7, 11) is -3.83. The minimum absolute atomic E-state index is 0.0111. The maximum Gasteiger partial charge on any atom is 0.452 e. The Labute approximate surface area is 246 Å². The van der Waals surface area contributed by atoms with Crippen LogP contribution >= 0.6 is 0 Å². The van der Waals surface area contributed by atoms with Crippen LogP contribution in [0.2, 0.25) is 0 Å². The van der Waals surface area contributed by atoms with E-state index in [0.717, 1.165) is 34.9 Å². The van der Waals surface area contributed by atoms with Crippen molar-refractivity contribution in [1.82, 2.24) is 18.9 Å². The summed E-state index contributed by atoms with van der Waals surface area (Å²) < 4.78 is 70.5. The lowest BCUT2D eigenvalue weighted by atomic mass is 9.85. The van der Waals surface area contributed by atoms with Crippen LogP contribution in [0.3, 0.4) is 0 Å². The maximum atomic E-state index is 13.9. The molecule has 13 heteroatoms. The third kappa shape index (κ3) is 5.14. The average Bonchev–Trinajstić information content (AvgIpc) is 3.59. The second-order valence-corrected chi connectivity index (χ2v) is 13.1. The summed E-state index contributed by atoms with van der Waals surface area (Å²) >= 11 is 0. The van der Waals surface area contributed by atoms with Gasteiger partial charge in [0.15, 0.2) is 5.65 Å². The molecule has 2 aliphatic rings. The normalized spacial score (nSPS) is 19.2. The van der Waals surface area contributed by atoms with Crippen LogP contribution in [-0.2, 0) is 27.5 Å². The fourth-order valence-corrected chi connectivity index (χ4v) is 8.05. The molecule has 0 amide bonds. The van der Waals surface area contributed by atoms with Crippen molar-refractivity contribution in [3.05, 3.63) is 88.4 Å². The molecule has 2 atom stereocenters. The van der Waals surface area contributed by atoms with Gasteiger partial charge in [-0.25, -0.2) is 8.42 Å². The molecular weight excluding hydrogens is 583 g/mol. The first-order valence-corrected chi connectivity index (χ1v) is 15.4. The second-order valence-electron chi connectivity index (χ2n) is 11.2. The van der Waals surface area contributed by atoms with Gasteiger partial charge in [-0.3, -0.25) is 9.20 Å². The number of hydrogen-bond acceptors (Lipinski definition) is 6. The van der Waals surface area contributed by atoms with Gasteiger partial charge in [0.05, 0.1) is 12.1 Å². The van der Waals surface area contributed by atoms with E-state index in [1.165, 1.54) is 16.6 Å². The number of aryl methyl sites for hydroxylation is 2. The summed E-state index contributed by atoms with van der Waals surface area (Å²) in [6.45, 7) is 4.67. The number of carbonyl (C=O) groups is 1. The largest absolute Gasteiger partial charge is 0.481 e. The summed E-state index contributed by atoms with van der Waals surface area (Å²) in [5.74, 6) is -2.97. The number of fused-ring (bicyclic) bond motifs is 4. The lowest BCUT2D eigenvalue weighted by Crippen LogP contribution is -2.39. The number of sulfonamides is 1. The highest BCUT2D eigenvalue weighted by molar-refractivity contribution is 7.89. The van der Waals surface area contributed by atoms with Crippen LogP contribution in [0.15, 0.2) is 59.6 Å². The minimum atomic E-state index is -4.70. The van der Waals surface area contributed by atoms with Crippen molar-refractivity contribution >= 4 is 27.3 Å². The van der Waals surface area contributed by atoms with Gasteiger partial charge in [0.1, 0.15) is 4.90 Å². The van der Waals surface area contributed by atoms with Gasteiger partial charge in [0, 0.05) is 37.8 Å². The van der Waals surface area contributed by atoms with E-state index < -0.39 is 33.9 Å². The van der Waals surface area contributed by atoms with Gasteiger partial charge in [0.25, 0.3) is 0 Å². The van der Waals surface area contributed by atoms with E-state index in [4.69, 9.17) is 0 Å². The molecule has 0 spiro atoms. The van der Waals surface area contributed by atoms with Crippen molar-refractivity contribution in [2.75, 3.05) is 18.0 Å². The fraction of sp³-hybridized carbons (Fsp3) is 0.367. The summed E-state index contributed by atoms with van der Waals surface area (Å²) in [6.07, 6.45) is -1.98. The molecule has 4 heterocycles. The van der Waals surface area contributed by atoms with Crippen molar-refractivity contribution in [2.24, 2.45) is 0 Å². The highest BCUT2D eigenvalue weighted by Crippen LogP contribution is 2.39. The quantitative estimate of drug-likeness (QED) is 0.321. The molecular formula is C30H30F3N5O4S. The van der Waals surface area contributed by atoms with E-state index in [0.29, 0.717) is 28.9 Å². The highest BCUT2D eigenvalue weighted by Gasteiger charge is 2.40. The van der Waals surface area contributed by atoms with Crippen LogP contribution in [0.1, 0.15) is 58.8 Å². The van der Waals surface area contributed by atoms with Crippen molar-refractivity contribution in [3.8, 4) is 0 Å². The number of hydrogen-bond donors (Lipinski definition) is 1. The topological polar surface area (TPSA) is 108 Å². The first kappa shape index (κ1) is 29.1. The molecule has 2 aromatic carbocycles. The lowest BCUT2D eigenvalue weighted by Gasteiger charge is -2.27. The number of aliphatic carboxylic acids is 1. The molecule has 0 unspecified atom stereocenters. The molecule has 2 aliphatic heterocycles. The second kappa shape index (κ2) is 10.6. The van der Waals surface area contributed by atoms with Gasteiger partial charge in [-0.05, 0) is 72.7 Å². The van der Waals surface area contributed by atoms with E-state index in [-0.39, 0.29) is 29.6 Å². The van der Waals surface area contributed by atoms with Crippen molar-refractivity contribution in [3.63, 3.8) is 0 Å². The Balaban J connectivity index is 1.40. The molecule has 1 fully saturated rings. The third-order valence-corrected chi connectivity index (χ3v) is 10.4. The summed E-state index contributed by atoms with van der Waals surface area (Å²) in [5.41, 5.74) is 3.77. The summed E-state index contributed by atoms with van der Waals surface area (Å²) in [6, 6.07) is 14.0. The summed E-state index contributed by atoms with van der Waals surface area (Å²) in [4.78, 5) is 14.5. The Morgan fingerprint density at radius 3 is 2.63 bits per heavy atom. The van der Waals surface area contributed by atoms with E-state index in [1.54, 1.807) is 25.1 Å². The molecule has 0 radical (unpaired) electrons. The number of benzene rings is 2. The molecule has 9 nitrogen and oxygen atoms in total. The van der Waals surface area contributed by atoms with E-state index >= 15 is 0 Å². The zero-order valence-corrected chi connectivity index (χ0v) is 24.4. The molecule has 2 aromatic heterocycles. The number of para-hydroxylation sites is 1. The average molecular weight is 614 g/mol. The molecule has 226 valence electrons. The van der Waals surface area contributed by atoms with Crippen LogP contribution in [0.4, 0.5) is 18.9 Å². The first-order valence-electron chi connectivity index (χ1n) is 13.9. The number of rotatable bonds is 6. The number of carboxylic acid groups (broad SMARTS) is 1. The molecule has 0 bridgehead atoms. The van der Waals surface area contributed by atoms with Gasteiger partial charge in [0.2, 0.25) is 15.8 Å². The molecule has 0 aliphatic carbocycles. The zero-order chi connectivity index (χ0) is 30.7. The predicted octanol–water partition coefficient (Wildman–Crippen LogP) is 5.14. The Morgan fingerprint density at radius 1 is 1.12 bits per heavy atom. The number of nitrogens with zero attached hydrogens (tertiary/aromatic N) is 5. The number of carboxylic acids is 1. The number of alkyl halides is 3. The van der Waals surface area contributed by atoms with Gasteiger partial charge in [-0.1, -0.05) is 30.3 Å². The minimum Gasteiger partial charge on any atom is -0.481 e. The molecule has 1 N–H and O–H groups in total. The highest BCUT2D eigenvalue weighted by atomic mass is 32.2. The maximum absolute atomic E-state index is 13.9. The van der Waals surface area contributed by atoms with Crippen molar-refractivity contribution in [1.29, 1.82) is 0 Å². The monoisotopic (exact) mass is 613 g/mol. The number of pyridine rings is 1. The van der Waals surface area contributed by atoms with Crippen LogP contribution in [0, 0.1) is 13.8 Å². The SMILES string of the molecule is Cc1ccc([C@@H](CC(=O)O)c2ccn3c(C(F)(F)F)nnc3c2C)cc1CN1C[C@@H]2CCCN2c2ccccc2S1(=O)=O. The lowest BCUT2D eigenvalue weighted by molar-refractivity contribution is -0.145. The standard InChI is InChI=1S/C30H30F3N5O4S/c1-18-9-10-20(24(15-27(39)40)23-11-13-38-28(19(23)2)34-35-29(38)30(31,32)33)14-21(18)16-36-17-22-6-5-12-37(22)25-7-3-4-8-26(25)43(36,41)42/h3-4,7-11,13-14,22,24H,5-6,12,15-17H2,1-2H3,(H,39,40)/t22-,24+/m0/s1. The third-order valence-electron chi connectivity index (χ3n) is 8.58. The Bertz CT molecular complexity index is 1840. The van der Waals surface area contributed by atoms with Crippen molar-refractivity contribution < 1.29 is 31.5 Å². The van der Waals surface area contributed by atoms with Crippen molar-refractivity contribution in [2.45, 2.75) is 62.7 Å². The van der Waals surface area contributed by atoms with Gasteiger partial charge < -0.3 is 10.0 Å². The number of anilines is 1. The number of aromatic nitrogens is 3. The smallest absolute Gasteiger partial charge is 0.452 e. The van der Waals surface area contributed by atoms with Gasteiger partial charge >= 0.3 is 12.1 Å². The zero-order valence-electron chi connectivity index (χ0n) is 23.5.